The van der Waals surface area contributed by atoms with Gasteiger partial charge in [-0.3, -0.25) is 0 Å². The number of nitrogens with one attached hydrogen (secondary N) is 1. The number of carbonyl (C=O) groups excluding carboxylic acids is 1. The van der Waals surface area contributed by atoms with Gasteiger partial charge in [0.25, 0.3) is 0 Å². The van der Waals surface area contributed by atoms with Crippen molar-refractivity contribution in [3.8, 4) is 0 Å². The van der Waals surface area contributed by atoms with Crippen molar-refractivity contribution in [2.75, 3.05) is 26.8 Å². The summed E-state index contributed by atoms with van der Waals surface area (Å²) in [4.78, 5) is 11.6. The molecule has 1 rings (SSSR count). The lowest BCUT2D eigenvalue weighted by Gasteiger charge is -2.33. The van der Waals surface area contributed by atoms with Crippen molar-refractivity contribution >= 4 is 5.97 Å². The fourth-order valence-electron chi connectivity index (χ4n) is 1.58. The quantitative estimate of drug-likeness (QED) is 0.646. The zero-order chi connectivity index (χ0) is 9.73. The Labute approximate surface area is 78.6 Å². The maximum Gasteiger partial charge on any atom is 0.338 e. The highest BCUT2D eigenvalue weighted by Crippen LogP contribution is 2.23. The minimum Gasteiger partial charge on any atom is -0.464 e. The second kappa shape index (κ2) is 4.58. The predicted molar refractivity (Wildman–Crippen MR) is 48.5 cm³/mol. The van der Waals surface area contributed by atoms with Crippen LogP contribution in [0.25, 0.3) is 0 Å². The summed E-state index contributed by atoms with van der Waals surface area (Å²) < 4.78 is 10.3. The second-order valence-electron chi connectivity index (χ2n) is 3.17. The summed E-state index contributed by atoms with van der Waals surface area (Å²) in [7, 11) is 1.57. The first-order valence-corrected chi connectivity index (χ1v) is 4.68. The van der Waals surface area contributed by atoms with Gasteiger partial charge in [0, 0.05) is 7.11 Å². The minimum absolute atomic E-state index is 0.223. The number of esters is 1. The van der Waals surface area contributed by atoms with Crippen LogP contribution in [0.2, 0.25) is 0 Å². The van der Waals surface area contributed by atoms with E-state index in [0.29, 0.717) is 19.4 Å². The predicted octanol–water partition coefficient (Wildman–Crippen LogP) is 0.318. The maximum atomic E-state index is 11.6. The van der Waals surface area contributed by atoms with Crippen molar-refractivity contribution in [1.29, 1.82) is 0 Å². The lowest BCUT2D eigenvalue weighted by molar-refractivity contribution is -0.171. The van der Waals surface area contributed by atoms with E-state index in [1.807, 2.05) is 6.92 Å². The summed E-state index contributed by atoms with van der Waals surface area (Å²) in [5.41, 5.74) is -0.693. The van der Waals surface area contributed by atoms with E-state index in [1.54, 1.807) is 7.11 Å². The van der Waals surface area contributed by atoms with E-state index >= 15 is 0 Å². The number of methoxy groups -OCH3 is 1. The Balaban J connectivity index is 2.61. The van der Waals surface area contributed by atoms with Gasteiger partial charge < -0.3 is 14.8 Å². The zero-order valence-electron chi connectivity index (χ0n) is 8.26. The fourth-order valence-corrected chi connectivity index (χ4v) is 1.58. The number of rotatable bonds is 3. The van der Waals surface area contributed by atoms with Crippen LogP contribution in [0.15, 0.2) is 0 Å². The van der Waals surface area contributed by atoms with Crippen molar-refractivity contribution in [2.45, 2.75) is 25.4 Å². The first-order chi connectivity index (χ1) is 6.25. The molecule has 0 aromatic carbocycles. The first-order valence-electron chi connectivity index (χ1n) is 4.68. The van der Waals surface area contributed by atoms with Crippen molar-refractivity contribution in [3.05, 3.63) is 0 Å². The van der Waals surface area contributed by atoms with Gasteiger partial charge in [0.05, 0.1) is 6.61 Å². The van der Waals surface area contributed by atoms with E-state index < -0.39 is 5.60 Å². The van der Waals surface area contributed by atoms with E-state index in [1.165, 1.54) is 0 Å². The lowest BCUT2D eigenvalue weighted by atomic mass is 9.92. The van der Waals surface area contributed by atoms with E-state index in [0.717, 1.165) is 13.1 Å². The Morgan fingerprint density at radius 1 is 1.46 bits per heavy atom. The summed E-state index contributed by atoms with van der Waals surface area (Å²) in [5.74, 6) is -0.223. The molecule has 1 saturated heterocycles. The molecule has 0 aromatic heterocycles. The third-order valence-corrected chi connectivity index (χ3v) is 2.45. The minimum atomic E-state index is -0.693. The number of carbonyl (C=O) groups is 1. The van der Waals surface area contributed by atoms with Gasteiger partial charge >= 0.3 is 5.97 Å². The van der Waals surface area contributed by atoms with Gasteiger partial charge in [-0.2, -0.15) is 0 Å². The molecule has 0 saturated carbocycles. The fraction of sp³-hybridized carbons (Fsp3) is 0.889. The van der Waals surface area contributed by atoms with Gasteiger partial charge in [-0.05, 0) is 32.9 Å². The van der Waals surface area contributed by atoms with Crippen molar-refractivity contribution in [2.24, 2.45) is 0 Å². The van der Waals surface area contributed by atoms with Crippen LogP contribution in [0.4, 0.5) is 0 Å². The van der Waals surface area contributed by atoms with Gasteiger partial charge in [0.15, 0.2) is 5.60 Å². The van der Waals surface area contributed by atoms with Gasteiger partial charge in [-0.15, -0.1) is 0 Å². The van der Waals surface area contributed by atoms with Crippen LogP contribution in [0.5, 0.6) is 0 Å². The summed E-state index contributed by atoms with van der Waals surface area (Å²) in [6, 6.07) is 0. The average Bonchev–Trinajstić information content (AvgIpc) is 2.19. The highest BCUT2D eigenvalue weighted by Gasteiger charge is 2.40. The Bertz CT molecular complexity index is 176. The van der Waals surface area contributed by atoms with Crippen LogP contribution < -0.4 is 5.32 Å². The molecule has 1 aliphatic heterocycles. The largest absolute Gasteiger partial charge is 0.464 e. The van der Waals surface area contributed by atoms with E-state index in [4.69, 9.17) is 9.47 Å². The molecule has 13 heavy (non-hydrogen) atoms. The third kappa shape index (κ3) is 2.19. The molecule has 76 valence electrons. The molecule has 0 amide bonds. The Kier molecular flexibility index (Phi) is 3.69. The van der Waals surface area contributed by atoms with Crippen LogP contribution >= 0.6 is 0 Å². The summed E-state index contributed by atoms with van der Waals surface area (Å²) in [6.45, 7) is 3.85. The molecule has 4 nitrogen and oxygen atoms in total. The SMILES string of the molecule is CCOC(=O)C1(OC)CCNCC1. The molecule has 1 fully saturated rings. The van der Waals surface area contributed by atoms with Crippen molar-refractivity contribution in [1.82, 2.24) is 5.32 Å². The monoisotopic (exact) mass is 187 g/mol. The normalized spacial score (nSPS) is 21.1. The molecule has 1 aliphatic rings. The topological polar surface area (TPSA) is 47.6 Å². The van der Waals surface area contributed by atoms with Crippen LogP contribution in [0.1, 0.15) is 19.8 Å². The molecule has 0 spiro atoms. The first kappa shape index (κ1) is 10.5. The van der Waals surface area contributed by atoms with Crippen molar-refractivity contribution < 1.29 is 14.3 Å². The molecule has 0 atom stereocenters. The highest BCUT2D eigenvalue weighted by atomic mass is 16.6. The van der Waals surface area contributed by atoms with E-state index in [9.17, 15) is 4.79 Å². The molecule has 0 aromatic rings. The average molecular weight is 187 g/mol. The lowest BCUT2D eigenvalue weighted by Crippen LogP contribution is -2.50. The Hall–Kier alpha value is -0.610. The Morgan fingerprint density at radius 3 is 2.54 bits per heavy atom. The number of hydrogen-bond acceptors (Lipinski definition) is 4. The third-order valence-electron chi connectivity index (χ3n) is 2.45. The van der Waals surface area contributed by atoms with Crippen molar-refractivity contribution in [3.63, 3.8) is 0 Å². The Morgan fingerprint density at radius 2 is 2.08 bits per heavy atom. The maximum absolute atomic E-state index is 11.6. The molecule has 1 N–H and O–H groups in total. The van der Waals surface area contributed by atoms with Gasteiger partial charge in [0.2, 0.25) is 0 Å². The number of ether oxygens (including phenoxy) is 2. The number of piperidine rings is 1. The van der Waals surface area contributed by atoms with E-state index in [-0.39, 0.29) is 5.97 Å². The molecular formula is C9H17NO3. The highest BCUT2D eigenvalue weighted by molar-refractivity contribution is 5.79. The molecule has 0 radical (unpaired) electrons. The van der Waals surface area contributed by atoms with Crippen LogP contribution in [-0.2, 0) is 14.3 Å². The smallest absolute Gasteiger partial charge is 0.338 e. The summed E-state index contributed by atoms with van der Waals surface area (Å²) in [6.07, 6.45) is 1.39. The summed E-state index contributed by atoms with van der Waals surface area (Å²) in [5, 5.41) is 3.18. The number of hydrogen-bond donors (Lipinski definition) is 1. The van der Waals surface area contributed by atoms with Crippen LogP contribution in [-0.4, -0.2) is 38.4 Å². The molecule has 0 unspecified atom stereocenters. The van der Waals surface area contributed by atoms with Crippen LogP contribution in [0, 0.1) is 0 Å². The van der Waals surface area contributed by atoms with Gasteiger partial charge in [-0.1, -0.05) is 0 Å². The molecule has 0 bridgehead atoms. The van der Waals surface area contributed by atoms with Crippen LogP contribution in [0.3, 0.4) is 0 Å². The second-order valence-corrected chi connectivity index (χ2v) is 3.17. The molecular weight excluding hydrogens is 170 g/mol. The summed E-state index contributed by atoms with van der Waals surface area (Å²) >= 11 is 0. The van der Waals surface area contributed by atoms with Gasteiger partial charge in [0.1, 0.15) is 0 Å². The molecule has 4 heteroatoms. The standard InChI is InChI=1S/C9H17NO3/c1-3-13-8(11)9(12-2)4-6-10-7-5-9/h10H,3-7H2,1-2H3. The molecule has 1 heterocycles. The van der Waals surface area contributed by atoms with E-state index in [2.05, 4.69) is 5.32 Å². The zero-order valence-corrected chi connectivity index (χ0v) is 8.26. The molecule has 0 aliphatic carbocycles. The van der Waals surface area contributed by atoms with Gasteiger partial charge in [-0.25, -0.2) is 4.79 Å².